The molecule has 1 aromatic heterocycles. The highest BCUT2D eigenvalue weighted by atomic mass is 16.4. The first-order valence-corrected chi connectivity index (χ1v) is 10.7. The molecule has 0 spiro atoms. The molecular formula is C29H24N2O2. The van der Waals surface area contributed by atoms with Gasteiger partial charge in [-0.2, -0.15) is 0 Å². The number of benzene rings is 3. The quantitative estimate of drug-likeness (QED) is 0.315. The number of carboxylic acids is 1. The van der Waals surface area contributed by atoms with Gasteiger partial charge in [-0.05, 0) is 48.4 Å². The Balaban J connectivity index is 1.84. The van der Waals surface area contributed by atoms with E-state index < -0.39 is 5.97 Å². The molecule has 4 nitrogen and oxygen atoms in total. The van der Waals surface area contributed by atoms with Gasteiger partial charge < -0.3 is 5.11 Å². The predicted octanol–water partition coefficient (Wildman–Crippen LogP) is 7.19. The summed E-state index contributed by atoms with van der Waals surface area (Å²) in [6, 6.07) is 25.0. The van der Waals surface area contributed by atoms with E-state index in [2.05, 4.69) is 11.1 Å². The molecule has 0 saturated carbocycles. The first-order chi connectivity index (χ1) is 16.1. The number of allylic oxidation sites excluding steroid dienone is 5. The van der Waals surface area contributed by atoms with Crippen molar-refractivity contribution in [2.75, 3.05) is 0 Å². The van der Waals surface area contributed by atoms with Crippen molar-refractivity contribution in [3.8, 4) is 33.8 Å². The van der Waals surface area contributed by atoms with E-state index in [9.17, 15) is 9.90 Å². The average Bonchev–Trinajstić information content (AvgIpc) is 3.30. The number of rotatable bonds is 7. The standard InChI is InChI=1S/C29H24N2O2/c1-3-10-26(11-4-2)31-20-27(30-28(31)21-12-6-5-7-13-21)24-16-8-14-22(18-24)23-15-9-17-25(19-23)29(32)33/h3-20H,1H2,2H3,(H,32,33)/b11-4-,26-10+. The van der Waals surface area contributed by atoms with Gasteiger partial charge in [0.05, 0.1) is 11.3 Å². The van der Waals surface area contributed by atoms with Crippen LogP contribution in [0.3, 0.4) is 0 Å². The van der Waals surface area contributed by atoms with Crippen LogP contribution in [-0.4, -0.2) is 20.6 Å². The topological polar surface area (TPSA) is 55.1 Å². The lowest BCUT2D eigenvalue weighted by Gasteiger charge is -2.08. The van der Waals surface area contributed by atoms with Crippen LogP contribution < -0.4 is 0 Å². The molecular weight excluding hydrogens is 408 g/mol. The van der Waals surface area contributed by atoms with Crippen LogP contribution in [0.25, 0.3) is 39.5 Å². The van der Waals surface area contributed by atoms with Crippen molar-refractivity contribution >= 4 is 11.7 Å². The average molecular weight is 433 g/mol. The molecule has 4 aromatic rings. The summed E-state index contributed by atoms with van der Waals surface area (Å²) in [7, 11) is 0. The molecule has 3 aromatic carbocycles. The number of carboxylic acid groups (broad SMARTS) is 1. The van der Waals surface area contributed by atoms with Gasteiger partial charge in [0.1, 0.15) is 5.82 Å². The minimum Gasteiger partial charge on any atom is -0.478 e. The summed E-state index contributed by atoms with van der Waals surface area (Å²) in [6.45, 7) is 5.83. The fourth-order valence-corrected chi connectivity index (χ4v) is 3.70. The lowest BCUT2D eigenvalue weighted by atomic mass is 10.0. The molecule has 0 aliphatic carbocycles. The Morgan fingerprint density at radius 2 is 1.58 bits per heavy atom. The lowest BCUT2D eigenvalue weighted by molar-refractivity contribution is 0.0697. The van der Waals surface area contributed by atoms with Gasteiger partial charge >= 0.3 is 5.97 Å². The summed E-state index contributed by atoms with van der Waals surface area (Å²) in [5.74, 6) is -0.111. The van der Waals surface area contributed by atoms with Gasteiger partial charge in [-0.1, -0.05) is 79.4 Å². The highest BCUT2D eigenvalue weighted by molar-refractivity contribution is 5.89. The van der Waals surface area contributed by atoms with Gasteiger partial charge in [-0.3, -0.25) is 4.57 Å². The number of nitrogens with zero attached hydrogens (tertiary/aromatic N) is 2. The summed E-state index contributed by atoms with van der Waals surface area (Å²) >= 11 is 0. The molecule has 4 heteroatoms. The Hall–Kier alpha value is -4.44. The van der Waals surface area contributed by atoms with Crippen molar-refractivity contribution < 1.29 is 9.90 Å². The van der Waals surface area contributed by atoms with Crippen LogP contribution in [0.4, 0.5) is 0 Å². The normalized spacial score (nSPS) is 11.6. The number of carbonyl (C=O) groups is 1. The largest absolute Gasteiger partial charge is 0.478 e. The van der Waals surface area contributed by atoms with Crippen LogP contribution in [0.1, 0.15) is 17.3 Å². The maximum atomic E-state index is 11.4. The summed E-state index contributed by atoms with van der Waals surface area (Å²) in [6.07, 6.45) is 9.74. The first-order valence-electron chi connectivity index (χ1n) is 10.7. The molecule has 0 radical (unpaired) electrons. The maximum absolute atomic E-state index is 11.4. The molecule has 4 rings (SSSR count). The maximum Gasteiger partial charge on any atom is 0.335 e. The van der Waals surface area contributed by atoms with Crippen LogP contribution in [0, 0.1) is 0 Å². The van der Waals surface area contributed by atoms with Crippen molar-refractivity contribution in [3.05, 3.63) is 122 Å². The Morgan fingerprint density at radius 1 is 0.909 bits per heavy atom. The van der Waals surface area contributed by atoms with Crippen LogP contribution >= 0.6 is 0 Å². The molecule has 0 saturated heterocycles. The van der Waals surface area contributed by atoms with E-state index in [0.29, 0.717) is 0 Å². The monoisotopic (exact) mass is 432 g/mol. The molecule has 1 N–H and O–H groups in total. The summed E-state index contributed by atoms with van der Waals surface area (Å²) in [4.78, 5) is 16.4. The van der Waals surface area contributed by atoms with E-state index in [1.165, 1.54) is 0 Å². The van der Waals surface area contributed by atoms with Crippen LogP contribution in [0.5, 0.6) is 0 Å². The zero-order chi connectivity index (χ0) is 23.2. The van der Waals surface area contributed by atoms with E-state index in [-0.39, 0.29) is 5.56 Å². The van der Waals surface area contributed by atoms with Crippen LogP contribution in [0.15, 0.2) is 116 Å². The van der Waals surface area contributed by atoms with E-state index in [0.717, 1.165) is 39.5 Å². The summed E-state index contributed by atoms with van der Waals surface area (Å²) in [5, 5.41) is 9.34. The van der Waals surface area contributed by atoms with Crippen LogP contribution in [-0.2, 0) is 0 Å². The van der Waals surface area contributed by atoms with Crippen LogP contribution in [0.2, 0.25) is 0 Å². The van der Waals surface area contributed by atoms with Gasteiger partial charge in [0, 0.05) is 23.0 Å². The number of aromatic carboxylic acids is 1. The minimum absolute atomic E-state index is 0.263. The third kappa shape index (κ3) is 4.75. The zero-order valence-electron chi connectivity index (χ0n) is 18.3. The van der Waals surface area contributed by atoms with E-state index in [4.69, 9.17) is 4.98 Å². The highest BCUT2D eigenvalue weighted by Crippen LogP contribution is 2.31. The first kappa shape index (κ1) is 21.8. The number of hydrogen-bond donors (Lipinski definition) is 1. The fraction of sp³-hybridized carbons (Fsp3) is 0.0345. The molecule has 0 aliphatic heterocycles. The van der Waals surface area contributed by atoms with Crippen molar-refractivity contribution in [2.24, 2.45) is 0 Å². The Bertz CT molecular complexity index is 1360. The predicted molar refractivity (Wildman–Crippen MR) is 135 cm³/mol. The number of imidazole rings is 1. The third-order valence-electron chi connectivity index (χ3n) is 5.24. The molecule has 0 aliphatic rings. The molecule has 0 unspecified atom stereocenters. The van der Waals surface area contributed by atoms with Crippen molar-refractivity contribution in [1.29, 1.82) is 0 Å². The molecule has 0 atom stereocenters. The van der Waals surface area contributed by atoms with Gasteiger partial charge in [0.2, 0.25) is 0 Å². The smallest absolute Gasteiger partial charge is 0.335 e. The van der Waals surface area contributed by atoms with Crippen molar-refractivity contribution in [2.45, 2.75) is 6.92 Å². The van der Waals surface area contributed by atoms with Crippen molar-refractivity contribution in [1.82, 2.24) is 9.55 Å². The Morgan fingerprint density at radius 3 is 2.27 bits per heavy atom. The SMILES string of the molecule is C=C/C=C(\C=C/C)n1cc(-c2cccc(-c3cccc(C(=O)O)c3)c2)nc1-c1ccccc1. The van der Waals surface area contributed by atoms with Gasteiger partial charge in [0.25, 0.3) is 0 Å². The number of aromatic nitrogens is 2. The summed E-state index contributed by atoms with van der Waals surface area (Å²) < 4.78 is 2.06. The second-order valence-corrected chi connectivity index (χ2v) is 7.48. The lowest BCUT2D eigenvalue weighted by Crippen LogP contribution is -1.96. The van der Waals surface area contributed by atoms with Crippen molar-refractivity contribution in [3.63, 3.8) is 0 Å². The molecule has 0 fully saturated rings. The highest BCUT2D eigenvalue weighted by Gasteiger charge is 2.14. The third-order valence-corrected chi connectivity index (χ3v) is 5.24. The van der Waals surface area contributed by atoms with E-state index >= 15 is 0 Å². The second-order valence-electron chi connectivity index (χ2n) is 7.48. The fourth-order valence-electron chi connectivity index (χ4n) is 3.70. The zero-order valence-corrected chi connectivity index (χ0v) is 18.3. The molecule has 0 bridgehead atoms. The van der Waals surface area contributed by atoms with E-state index in [1.54, 1.807) is 24.3 Å². The van der Waals surface area contributed by atoms with Gasteiger partial charge in [-0.15, -0.1) is 0 Å². The second kappa shape index (κ2) is 9.79. The number of hydrogen-bond acceptors (Lipinski definition) is 2. The molecule has 33 heavy (non-hydrogen) atoms. The Kier molecular flexibility index (Phi) is 6.46. The minimum atomic E-state index is -0.940. The molecule has 162 valence electrons. The Labute approximate surface area is 193 Å². The van der Waals surface area contributed by atoms with Gasteiger partial charge in [0.15, 0.2) is 0 Å². The molecule has 1 heterocycles. The summed E-state index contributed by atoms with van der Waals surface area (Å²) in [5.41, 5.74) is 5.78. The van der Waals surface area contributed by atoms with Gasteiger partial charge in [-0.25, -0.2) is 9.78 Å². The van der Waals surface area contributed by atoms with E-state index in [1.807, 2.05) is 92.0 Å². The molecule has 0 amide bonds.